The standard InChI is InChI=1S/C15H11NO3S/c17-13-11-7-9-3-1-2-4-10(9)8-12(11)19-15(18)14-16(13)5-6-20-14/h1-4,7-8,14H,5-6H2. The molecule has 4 nitrogen and oxygen atoms in total. The van der Waals surface area contributed by atoms with Gasteiger partial charge in [-0.1, -0.05) is 24.3 Å². The monoisotopic (exact) mass is 285 g/mol. The first-order valence-corrected chi connectivity index (χ1v) is 7.46. The van der Waals surface area contributed by atoms with E-state index in [1.54, 1.807) is 11.0 Å². The molecule has 1 saturated heterocycles. The molecule has 1 atom stereocenters. The summed E-state index contributed by atoms with van der Waals surface area (Å²) in [5.74, 6) is 0.671. The zero-order valence-electron chi connectivity index (χ0n) is 10.5. The number of thioether (sulfide) groups is 1. The third-order valence-electron chi connectivity index (χ3n) is 3.64. The number of ether oxygens (including phenoxy) is 1. The lowest BCUT2D eigenvalue weighted by Crippen LogP contribution is -2.38. The quantitative estimate of drug-likeness (QED) is 0.550. The largest absolute Gasteiger partial charge is 0.423 e. The smallest absolute Gasteiger partial charge is 0.344 e. The van der Waals surface area contributed by atoms with Gasteiger partial charge in [0, 0.05) is 12.3 Å². The van der Waals surface area contributed by atoms with Gasteiger partial charge in [-0.15, -0.1) is 11.8 Å². The number of rotatable bonds is 0. The van der Waals surface area contributed by atoms with Gasteiger partial charge in [-0.3, -0.25) is 4.79 Å². The molecule has 2 aliphatic rings. The highest BCUT2D eigenvalue weighted by molar-refractivity contribution is 8.00. The Hall–Kier alpha value is -2.01. The van der Waals surface area contributed by atoms with Crippen LogP contribution in [0.25, 0.3) is 10.8 Å². The molecule has 0 radical (unpaired) electrons. The van der Waals surface area contributed by atoms with Gasteiger partial charge in [0.05, 0.1) is 5.56 Å². The van der Waals surface area contributed by atoms with Crippen LogP contribution in [0.15, 0.2) is 36.4 Å². The Morgan fingerprint density at radius 2 is 1.90 bits per heavy atom. The number of carbonyl (C=O) groups is 2. The van der Waals surface area contributed by atoms with Crippen molar-refractivity contribution in [3.05, 3.63) is 42.0 Å². The molecule has 1 unspecified atom stereocenters. The molecule has 2 heterocycles. The van der Waals surface area contributed by atoms with Crippen LogP contribution in [-0.2, 0) is 4.79 Å². The molecule has 2 aromatic rings. The number of hydrogen-bond donors (Lipinski definition) is 0. The van der Waals surface area contributed by atoms with Crippen LogP contribution < -0.4 is 4.74 Å². The second-order valence-electron chi connectivity index (χ2n) is 4.84. The van der Waals surface area contributed by atoms with Crippen molar-refractivity contribution in [1.82, 2.24) is 4.90 Å². The molecule has 5 heteroatoms. The van der Waals surface area contributed by atoms with Crippen LogP contribution in [0.2, 0.25) is 0 Å². The van der Waals surface area contributed by atoms with Crippen molar-refractivity contribution < 1.29 is 14.3 Å². The van der Waals surface area contributed by atoms with Gasteiger partial charge in [-0.05, 0) is 22.9 Å². The van der Waals surface area contributed by atoms with Gasteiger partial charge in [0.2, 0.25) is 0 Å². The third kappa shape index (κ3) is 1.63. The minimum atomic E-state index is -0.502. The number of nitrogens with zero attached hydrogens (tertiary/aromatic N) is 1. The summed E-state index contributed by atoms with van der Waals surface area (Å²) in [5.41, 5.74) is 0.474. The third-order valence-corrected chi connectivity index (χ3v) is 4.82. The Bertz CT molecular complexity index is 743. The lowest BCUT2D eigenvalue weighted by Gasteiger charge is -2.17. The maximum Gasteiger partial charge on any atom is 0.344 e. The number of esters is 1. The van der Waals surface area contributed by atoms with Crippen LogP contribution >= 0.6 is 11.8 Å². The molecule has 1 amide bonds. The van der Waals surface area contributed by atoms with Crippen molar-refractivity contribution in [2.45, 2.75) is 5.37 Å². The number of carbonyl (C=O) groups excluding carboxylic acids is 2. The van der Waals surface area contributed by atoms with Gasteiger partial charge in [-0.2, -0.15) is 0 Å². The summed E-state index contributed by atoms with van der Waals surface area (Å²) in [7, 11) is 0. The number of benzene rings is 2. The Kier molecular flexibility index (Phi) is 2.50. The van der Waals surface area contributed by atoms with Crippen molar-refractivity contribution >= 4 is 34.4 Å². The Morgan fingerprint density at radius 1 is 1.15 bits per heavy atom. The fraction of sp³-hybridized carbons (Fsp3) is 0.200. The lowest BCUT2D eigenvalue weighted by atomic mass is 10.1. The normalized spacial score (nSPS) is 21.4. The highest BCUT2D eigenvalue weighted by Crippen LogP contribution is 2.35. The van der Waals surface area contributed by atoms with Crippen LogP contribution in [0.1, 0.15) is 10.4 Å². The molecule has 0 saturated carbocycles. The molecule has 20 heavy (non-hydrogen) atoms. The second-order valence-corrected chi connectivity index (χ2v) is 6.03. The van der Waals surface area contributed by atoms with Gasteiger partial charge in [0.15, 0.2) is 5.37 Å². The zero-order valence-corrected chi connectivity index (χ0v) is 11.4. The summed E-state index contributed by atoms with van der Waals surface area (Å²) in [6, 6.07) is 11.3. The molecule has 0 aromatic heterocycles. The van der Waals surface area contributed by atoms with E-state index in [1.807, 2.05) is 30.3 Å². The van der Waals surface area contributed by atoms with Gasteiger partial charge < -0.3 is 9.64 Å². The van der Waals surface area contributed by atoms with E-state index >= 15 is 0 Å². The molecular weight excluding hydrogens is 274 g/mol. The fourth-order valence-electron chi connectivity index (χ4n) is 2.66. The maximum absolute atomic E-state index is 12.6. The highest BCUT2D eigenvalue weighted by atomic mass is 32.2. The molecule has 2 aliphatic heterocycles. The van der Waals surface area contributed by atoms with Crippen molar-refractivity contribution in [1.29, 1.82) is 0 Å². The van der Waals surface area contributed by atoms with Crippen LogP contribution in [0.5, 0.6) is 5.75 Å². The van der Waals surface area contributed by atoms with Crippen LogP contribution in [0, 0.1) is 0 Å². The molecule has 0 N–H and O–H groups in total. The SMILES string of the molecule is O=C1Oc2cc3ccccc3cc2C(=O)N2CCSC12. The van der Waals surface area contributed by atoms with Crippen molar-refractivity contribution in [3.63, 3.8) is 0 Å². The van der Waals surface area contributed by atoms with E-state index in [2.05, 4.69) is 0 Å². The van der Waals surface area contributed by atoms with E-state index in [9.17, 15) is 9.59 Å². The number of hydrogen-bond acceptors (Lipinski definition) is 4. The van der Waals surface area contributed by atoms with Gasteiger partial charge in [-0.25, -0.2) is 4.79 Å². The number of amides is 1. The van der Waals surface area contributed by atoms with Crippen LogP contribution in [0.4, 0.5) is 0 Å². The van der Waals surface area contributed by atoms with Crippen molar-refractivity contribution in [3.8, 4) is 5.75 Å². The van der Waals surface area contributed by atoms with E-state index in [0.717, 1.165) is 16.5 Å². The average Bonchev–Trinajstić information content (AvgIpc) is 2.92. The maximum atomic E-state index is 12.6. The predicted molar refractivity (Wildman–Crippen MR) is 76.9 cm³/mol. The molecule has 2 aromatic carbocycles. The average molecular weight is 285 g/mol. The lowest BCUT2D eigenvalue weighted by molar-refractivity contribution is -0.135. The molecule has 1 fully saturated rings. The topological polar surface area (TPSA) is 46.6 Å². The Morgan fingerprint density at radius 3 is 2.70 bits per heavy atom. The summed E-state index contributed by atoms with van der Waals surface area (Å²) >= 11 is 1.46. The van der Waals surface area contributed by atoms with Crippen molar-refractivity contribution in [2.75, 3.05) is 12.3 Å². The van der Waals surface area contributed by atoms with E-state index < -0.39 is 5.37 Å². The minimum absolute atomic E-state index is 0.119. The van der Waals surface area contributed by atoms with E-state index in [1.165, 1.54) is 11.8 Å². The fourth-order valence-corrected chi connectivity index (χ4v) is 3.75. The van der Waals surface area contributed by atoms with E-state index in [-0.39, 0.29) is 11.9 Å². The first-order valence-electron chi connectivity index (χ1n) is 6.41. The number of fused-ring (bicyclic) bond motifs is 3. The van der Waals surface area contributed by atoms with E-state index in [0.29, 0.717) is 17.9 Å². The Balaban J connectivity index is 1.94. The zero-order chi connectivity index (χ0) is 13.7. The first kappa shape index (κ1) is 11.8. The molecule has 0 spiro atoms. The first-order chi connectivity index (χ1) is 9.74. The van der Waals surface area contributed by atoms with Crippen LogP contribution in [0.3, 0.4) is 0 Å². The van der Waals surface area contributed by atoms with Crippen molar-refractivity contribution in [2.24, 2.45) is 0 Å². The van der Waals surface area contributed by atoms with Gasteiger partial charge in [0.1, 0.15) is 5.75 Å². The van der Waals surface area contributed by atoms with Gasteiger partial charge >= 0.3 is 5.97 Å². The summed E-state index contributed by atoms with van der Waals surface area (Å²) in [6.07, 6.45) is 0. The van der Waals surface area contributed by atoms with Gasteiger partial charge in [0.25, 0.3) is 5.91 Å². The molecular formula is C15H11NO3S. The summed E-state index contributed by atoms with van der Waals surface area (Å²) in [4.78, 5) is 26.3. The van der Waals surface area contributed by atoms with Crippen LogP contribution in [-0.4, -0.2) is 34.4 Å². The minimum Gasteiger partial charge on any atom is -0.423 e. The second kappa shape index (κ2) is 4.24. The summed E-state index contributed by atoms with van der Waals surface area (Å²) < 4.78 is 5.43. The summed E-state index contributed by atoms with van der Waals surface area (Å²) in [6.45, 7) is 0.593. The molecule has 4 rings (SSSR count). The molecule has 0 aliphatic carbocycles. The predicted octanol–water partition coefficient (Wildman–Crippen LogP) is 2.27. The Labute approximate surface area is 119 Å². The highest BCUT2D eigenvalue weighted by Gasteiger charge is 2.40. The molecule has 100 valence electrons. The summed E-state index contributed by atoms with van der Waals surface area (Å²) in [5, 5.41) is 1.43. The molecule has 0 bridgehead atoms. The van der Waals surface area contributed by atoms with E-state index in [4.69, 9.17) is 4.74 Å².